The van der Waals surface area contributed by atoms with Gasteiger partial charge in [-0.1, -0.05) is 12.1 Å². The molecule has 24 heavy (non-hydrogen) atoms. The van der Waals surface area contributed by atoms with E-state index < -0.39 is 38.9 Å². The number of rotatable bonds is 6. The van der Waals surface area contributed by atoms with Gasteiger partial charge in [0.05, 0.1) is 16.2 Å². The third-order valence-electron chi connectivity index (χ3n) is 2.93. The standard InChI is InChI=1S/C14H11FN2O6S/c15-12-4-2-1-3-11(12)14(18)23-7-8-24(21,22)13-6-5-10(9-16-13)17(19)20/h1-6,9H,7-8H2. The van der Waals surface area contributed by atoms with Crippen molar-refractivity contribution in [3.8, 4) is 0 Å². The lowest BCUT2D eigenvalue weighted by Gasteiger charge is -2.06. The molecule has 0 aliphatic heterocycles. The minimum absolute atomic E-state index is 0.302. The van der Waals surface area contributed by atoms with E-state index in [4.69, 9.17) is 4.74 Å². The predicted molar refractivity (Wildman–Crippen MR) is 79.6 cm³/mol. The fourth-order valence-electron chi connectivity index (χ4n) is 1.72. The summed E-state index contributed by atoms with van der Waals surface area (Å²) in [6.07, 6.45) is 0.818. The fourth-order valence-corrected chi connectivity index (χ4v) is 2.72. The number of esters is 1. The first-order valence-electron chi connectivity index (χ1n) is 6.56. The van der Waals surface area contributed by atoms with Gasteiger partial charge >= 0.3 is 5.97 Å². The van der Waals surface area contributed by atoms with Crippen LogP contribution in [0.25, 0.3) is 0 Å². The van der Waals surface area contributed by atoms with Gasteiger partial charge in [0.25, 0.3) is 5.69 Å². The van der Waals surface area contributed by atoms with Gasteiger partial charge in [-0.05, 0) is 18.2 Å². The summed E-state index contributed by atoms with van der Waals surface area (Å²) in [7, 11) is -3.90. The molecule has 0 unspecified atom stereocenters. The van der Waals surface area contributed by atoms with Crippen LogP contribution < -0.4 is 0 Å². The summed E-state index contributed by atoms with van der Waals surface area (Å²) in [5.41, 5.74) is -0.650. The molecule has 0 fully saturated rings. The normalized spacial score (nSPS) is 11.0. The molecule has 0 aliphatic rings. The van der Waals surface area contributed by atoms with Crippen LogP contribution in [-0.2, 0) is 14.6 Å². The van der Waals surface area contributed by atoms with Crippen molar-refractivity contribution in [3.63, 3.8) is 0 Å². The first-order chi connectivity index (χ1) is 11.3. The van der Waals surface area contributed by atoms with E-state index >= 15 is 0 Å². The molecular weight excluding hydrogens is 343 g/mol. The number of hydrogen-bond donors (Lipinski definition) is 0. The molecule has 10 heteroatoms. The Bertz CT molecular complexity index is 867. The predicted octanol–water partition coefficient (Wildman–Crippen LogP) is 1.76. The van der Waals surface area contributed by atoms with E-state index in [0.717, 1.165) is 24.4 Å². The molecule has 0 spiro atoms. The number of nitro groups is 1. The molecule has 1 aromatic carbocycles. The summed E-state index contributed by atoms with van der Waals surface area (Å²) < 4.78 is 42.1. The van der Waals surface area contributed by atoms with Crippen LogP contribution in [-0.4, -0.2) is 36.7 Å². The summed E-state index contributed by atoms with van der Waals surface area (Å²) in [5, 5.41) is 10.1. The average Bonchev–Trinajstić information content (AvgIpc) is 2.55. The van der Waals surface area contributed by atoms with Crippen LogP contribution in [0.5, 0.6) is 0 Å². The highest BCUT2D eigenvalue weighted by atomic mass is 32.2. The van der Waals surface area contributed by atoms with Crippen molar-refractivity contribution in [3.05, 3.63) is 64.1 Å². The first kappa shape index (κ1) is 17.5. The van der Waals surface area contributed by atoms with E-state index in [9.17, 15) is 27.7 Å². The highest BCUT2D eigenvalue weighted by Gasteiger charge is 2.19. The molecule has 0 saturated carbocycles. The smallest absolute Gasteiger partial charge is 0.341 e. The van der Waals surface area contributed by atoms with Gasteiger partial charge in [0, 0.05) is 6.07 Å². The second-order valence-corrected chi connectivity index (χ2v) is 6.60. The molecule has 1 heterocycles. The molecule has 0 radical (unpaired) electrons. The summed E-state index contributed by atoms with van der Waals surface area (Å²) in [6.45, 7) is -0.506. The minimum Gasteiger partial charge on any atom is -0.461 e. The number of hydrogen-bond acceptors (Lipinski definition) is 7. The first-order valence-corrected chi connectivity index (χ1v) is 8.21. The molecule has 8 nitrogen and oxygen atoms in total. The number of halogens is 1. The highest BCUT2D eigenvalue weighted by molar-refractivity contribution is 7.91. The molecule has 0 atom stereocenters. The zero-order chi connectivity index (χ0) is 17.7. The quantitative estimate of drug-likeness (QED) is 0.441. The van der Waals surface area contributed by atoms with Crippen LogP contribution >= 0.6 is 0 Å². The van der Waals surface area contributed by atoms with Crippen molar-refractivity contribution in [2.24, 2.45) is 0 Å². The fraction of sp³-hybridized carbons (Fsp3) is 0.143. The second kappa shape index (κ2) is 7.13. The van der Waals surface area contributed by atoms with Gasteiger partial charge in [-0.15, -0.1) is 0 Å². The second-order valence-electron chi connectivity index (χ2n) is 4.55. The minimum atomic E-state index is -3.90. The SMILES string of the molecule is O=C(OCCS(=O)(=O)c1ccc([N+](=O)[O-])cn1)c1ccccc1F. The molecule has 126 valence electrons. The van der Waals surface area contributed by atoms with Gasteiger partial charge in [0.1, 0.15) is 18.6 Å². The number of carbonyl (C=O) groups excluding carboxylic acids is 1. The van der Waals surface area contributed by atoms with Gasteiger partial charge in [-0.25, -0.2) is 22.6 Å². The molecule has 0 saturated heterocycles. The maximum absolute atomic E-state index is 13.4. The number of carbonyl (C=O) groups is 1. The van der Waals surface area contributed by atoms with Gasteiger partial charge < -0.3 is 4.74 Å². The molecular formula is C14H11FN2O6S. The van der Waals surface area contributed by atoms with E-state index in [1.165, 1.54) is 18.2 Å². The number of benzene rings is 1. The van der Waals surface area contributed by atoms with E-state index in [1.807, 2.05) is 0 Å². The van der Waals surface area contributed by atoms with Crippen LogP contribution in [0.4, 0.5) is 10.1 Å². The molecule has 0 bridgehead atoms. The Morgan fingerprint density at radius 3 is 2.54 bits per heavy atom. The van der Waals surface area contributed by atoms with Crippen molar-refractivity contribution >= 4 is 21.5 Å². The number of sulfone groups is 1. The van der Waals surface area contributed by atoms with Crippen LogP contribution in [0.1, 0.15) is 10.4 Å². The van der Waals surface area contributed by atoms with Crippen molar-refractivity contribution in [2.45, 2.75) is 5.03 Å². The number of ether oxygens (including phenoxy) is 1. The van der Waals surface area contributed by atoms with Gasteiger partial charge in [0.2, 0.25) is 0 Å². The molecule has 0 amide bonds. The Hall–Kier alpha value is -2.88. The maximum Gasteiger partial charge on any atom is 0.341 e. The molecule has 0 aliphatic carbocycles. The Morgan fingerprint density at radius 2 is 1.96 bits per heavy atom. The molecule has 0 N–H and O–H groups in total. The van der Waals surface area contributed by atoms with Crippen molar-refractivity contribution in [1.82, 2.24) is 4.98 Å². The number of pyridine rings is 1. The average molecular weight is 354 g/mol. The van der Waals surface area contributed by atoms with Crippen LogP contribution in [0.2, 0.25) is 0 Å². The number of nitrogens with zero attached hydrogens (tertiary/aromatic N) is 2. The monoisotopic (exact) mass is 354 g/mol. The Balaban J connectivity index is 1.99. The highest BCUT2D eigenvalue weighted by Crippen LogP contribution is 2.14. The zero-order valence-corrected chi connectivity index (χ0v) is 12.9. The van der Waals surface area contributed by atoms with Crippen molar-refractivity contribution in [1.29, 1.82) is 0 Å². The Morgan fingerprint density at radius 1 is 1.25 bits per heavy atom. The molecule has 1 aromatic heterocycles. The number of aromatic nitrogens is 1. The van der Waals surface area contributed by atoms with Crippen LogP contribution in [0, 0.1) is 15.9 Å². The van der Waals surface area contributed by atoms with Crippen LogP contribution in [0.3, 0.4) is 0 Å². The maximum atomic E-state index is 13.4. The lowest BCUT2D eigenvalue weighted by molar-refractivity contribution is -0.385. The van der Waals surface area contributed by atoms with Gasteiger partial charge in [-0.2, -0.15) is 0 Å². The Labute approximate surface area is 136 Å². The third-order valence-corrected chi connectivity index (χ3v) is 4.51. The van der Waals surface area contributed by atoms with Crippen molar-refractivity contribution in [2.75, 3.05) is 12.4 Å². The Kier molecular flexibility index (Phi) is 5.19. The van der Waals surface area contributed by atoms with E-state index in [1.54, 1.807) is 0 Å². The lowest BCUT2D eigenvalue weighted by atomic mass is 10.2. The third kappa shape index (κ3) is 4.10. The summed E-state index contributed by atoms with van der Waals surface area (Å²) in [4.78, 5) is 25.0. The summed E-state index contributed by atoms with van der Waals surface area (Å²) in [6, 6.07) is 7.13. The topological polar surface area (TPSA) is 116 Å². The summed E-state index contributed by atoms with van der Waals surface area (Å²) in [5.74, 6) is -2.35. The van der Waals surface area contributed by atoms with Gasteiger partial charge in [0.15, 0.2) is 14.9 Å². The zero-order valence-electron chi connectivity index (χ0n) is 12.1. The van der Waals surface area contributed by atoms with E-state index in [2.05, 4.69) is 4.98 Å². The van der Waals surface area contributed by atoms with E-state index in [0.29, 0.717) is 0 Å². The lowest BCUT2D eigenvalue weighted by Crippen LogP contribution is -2.17. The molecule has 2 rings (SSSR count). The van der Waals surface area contributed by atoms with Gasteiger partial charge in [-0.3, -0.25) is 10.1 Å². The molecule has 2 aromatic rings. The largest absolute Gasteiger partial charge is 0.461 e. The van der Waals surface area contributed by atoms with E-state index in [-0.39, 0.29) is 16.3 Å². The van der Waals surface area contributed by atoms with Crippen molar-refractivity contribution < 1.29 is 27.3 Å². The summed E-state index contributed by atoms with van der Waals surface area (Å²) >= 11 is 0. The van der Waals surface area contributed by atoms with Crippen LogP contribution in [0.15, 0.2) is 47.6 Å².